The zero-order valence-corrected chi connectivity index (χ0v) is 15.4. The van der Waals surface area contributed by atoms with E-state index in [1.54, 1.807) is 32.6 Å². The van der Waals surface area contributed by atoms with Crippen molar-refractivity contribution in [2.24, 2.45) is 0 Å². The quantitative estimate of drug-likeness (QED) is 0.857. The third-order valence-corrected chi connectivity index (χ3v) is 3.61. The van der Waals surface area contributed by atoms with Crippen LogP contribution in [0.2, 0.25) is 0 Å². The Labute approximate surface area is 152 Å². The standard InChI is InChI=1S/C17H23N5O4/c1-11(21-16(24)26-17(2,3)4)15(23)22-8-5-12(10-22)25-14-13(9-18)19-6-7-20-14/h6-7,11-12H,5,8,10H2,1-4H3,(H,21,24). The van der Waals surface area contributed by atoms with Crippen molar-refractivity contribution in [3.8, 4) is 11.9 Å². The average Bonchev–Trinajstić information content (AvgIpc) is 3.01. The van der Waals surface area contributed by atoms with E-state index < -0.39 is 17.7 Å². The predicted octanol–water partition coefficient (Wildman–Crippen LogP) is 1.24. The predicted molar refractivity (Wildman–Crippen MR) is 91.2 cm³/mol. The number of amides is 2. The first-order valence-electron chi connectivity index (χ1n) is 8.35. The summed E-state index contributed by atoms with van der Waals surface area (Å²) < 4.78 is 10.9. The highest BCUT2D eigenvalue weighted by Crippen LogP contribution is 2.19. The summed E-state index contributed by atoms with van der Waals surface area (Å²) in [5, 5.41) is 11.6. The molecule has 2 rings (SSSR count). The lowest BCUT2D eigenvalue weighted by Gasteiger charge is -2.24. The molecule has 2 heterocycles. The lowest BCUT2D eigenvalue weighted by molar-refractivity contribution is -0.132. The molecule has 0 bridgehead atoms. The van der Waals surface area contributed by atoms with Crippen molar-refractivity contribution >= 4 is 12.0 Å². The number of rotatable bonds is 4. The van der Waals surface area contributed by atoms with Gasteiger partial charge in [0.05, 0.1) is 6.54 Å². The monoisotopic (exact) mass is 361 g/mol. The molecule has 0 spiro atoms. The Kier molecular flexibility index (Phi) is 5.97. The first kappa shape index (κ1) is 19.4. The van der Waals surface area contributed by atoms with Gasteiger partial charge in [-0.05, 0) is 27.7 Å². The van der Waals surface area contributed by atoms with E-state index in [0.717, 1.165) is 0 Å². The van der Waals surface area contributed by atoms with Crippen LogP contribution in [0.4, 0.5) is 4.79 Å². The highest BCUT2D eigenvalue weighted by atomic mass is 16.6. The molecule has 0 saturated carbocycles. The number of hydrogen-bond donors (Lipinski definition) is 1. The lowest BCUT2D eigenvalue weighted by Crippen LogP contribution is -2.47. The summed E-state index contributed by atoms with van der Waals surface area (Å²) >= 11 is 0. The van der Waals surface area contributed by atoms with Gasteiger partial charge < -0.3 is 19.7 Å². The van der Waals surface area contributed by atoms with Crippen molar-refractivity contribution in [1.82, 2.24) is 20.2 Å². The number of nitrogens with one attached hydrogen (secondary N) is 1. The van der Waals surface area contributed by atoms with Crippen molar-refractivity contribution in [2.75, 3.05) is 13.1 Å². The molecule has 140 valence electrons. The molecule has 0 aromatic carbocycles. The zero-order valence-electron chi connectivity index (χ0n) is 15.4. The van der Waals surface area contributed by atoms with Gasteiger partial charge in [0, 0.05) is 25.4 Å². The summed E-state index contributed by atoms with van der Waals surface area (Å²) in [5.74, 6) is -0.0594. The number of likely N-dealkylation sites (tertiary alicyclic amines) is 1. The first-order valence-corrected chi connectivity index (χ1v) is 8.35. The third-order valence-electron chi connectivity index (χ3n) is 3.61. The van der Waals surface area contributed by atoms with Crippen LogP contribution in [-0.2, 0) is 9.53 Å². The Bertz CT molecular complexity index is 710. The fourth-order valence-corrected chi connectivity index (χ4v) is 2.49. The third kappa shape index (κ3) is 5.31. The summed E-state index contributed by atoms with van der Waals surface area (Å²) in [6, 6.07) is 1.21. The second kappa shape index (κ2) is 7.99. The molecule has 2 atom stereocenters. The fourth-order valence-electron chi connectivity index (χ4n) is 2.49. The second-order valence-electron chi connectivity index (χ2n) is 7.00. The molecule has 0 aliphatic carbocycles. The molecule has 2 amide bonds. The Balaban J connectivity index is 1.88. The minimum Gasteiger partial charge on any atom is -0.470 e. The molecular weight excluding hydrogens is 338 g/mol. The molecule has 2 unspecified atom stereocenters. The second-order valence-corrected chi connectivity index (χ2v) is 7.00. The molecular formula is C17H23N5O4. The fraction of sp³-hybridized carbons (Fsp3) is 0.588. The Hall–Kier alpha value is -2.89. The maximum Gasteiger partial charge on any atom is 0.408 e. The smallest absolute Gasteiger partial charge is 0.408 e. The minimum absolute atomic E-state index is 0.109. The summed E-state index contributed by atoms with van der Waals surface area (Å²) in [5.41, 5.74) is -0.522. The molecule has 1 aromatic rings. The normalized spacial score (nSPS) is 18.0. The van der Waals surface area contributed by atoms with Gasteiger partial charge in [0.15, 0.2) is 0 Å². The van der Waals surface area contributed by atoms with Crippen LogP contribution in [-0.4, -0.2) is 57.7 Å². The Morgan fingerprint density at radius 2 is 2.08 bits per heavy atom. The van der Waals surface area contributed by atoms with Gasteiger partial charge in [-0.15, -0.1) is 0 Å². The van der Waals surface area contributed by atoms with E-state index >= 15 is 0 Å². The molecule has 1 fully saturated rings. The minimum atomic E-state index is -0.713. The first-order chi connectivity index (χ1) is 12.2. The number of ether oxygens (including phenoxy) is 2. The maximum atomic E-state index is 12.5. The SMILES string of the molecule is CC(NC(=O)OC(C)(C)C)C(=O)N1CCC(Oc2nccnc2C#N)C1. The van der Waals surface area contributed by atoms with Crippen molar-refractivity contribution in [2.45, 2.75) is 51.9 Å². The van der Waals surface area contributed by atoms with Gasteiger partial charge in [0.2, 0.25) is 11.6 Å². The van der Waals surface area contributed by atoms with Crippen LogP contribution in [0.3, 0.4) is 0 Å². The van der Waals surface area contributed by atoms with Crippen molar-refractivity contribution in [3.05, 3.63) is 18.1 Å². The Morgan fingerprint density at radius 1 is 1.38 bits per heavy atom. The molecule has 1 saturated heterocycles. The van der Waals surface area contributed by atoms with Gasteiger partial charge in [0.1, 0.15) is 23.8 Å². The van der Waals surface area contributed by atoms with Crippen LogP contribution in [0.1, 0.15) is 39.8 Å². The summed E-state index contributed by atoms with van der Waals surface area (Å²) in [4.78, 5) is 33.8. The van der Waals surface area contributed by atoms with Gasteiger partial charge in [0.25, 0.3) is 5.88 Å². The number of carbonyl (C=O) groups excluding carboxylic acids is 2. The van der Waals surface area contributed by atoms with E-state index in [9.17, 15) is 9.59 Å². The molecule has 1 aromatic heterocycles. The van der Waals surface area contributed by atoms with E-state index in [4.69, 9.17) is 14.7 Å². The van der Waals surface area contributed by atoms with E-state index in [1.165, 1.54) is 12.4 Å². The van der Waals surface area contributed by atoms with Gasteiger partial charge in [-0.25, -0.2) is 14.8 Å². The maximum absolute atomic E-state index is 12.5. The lowest BCUT2D eigenvalue weighted by atomic mass is 10.2. The van der Waals surface area contributed by atoms with Crippen LogP contribution in [0.15, 0.2) is 12.4 Å². The van der Waals surface area contributed by atoms with Crippen molar-refractivity contribution < 1.29 is 19.1 Å². The van der Waals surface area contributed by atoms with E-state index in [-0.39, 0.29) is 23.6 Å². The highest BCUT2D eigenvalue weighted by Gasteiger charge is 2.32. The Morgan fingerprint density at radius 3 is 2.73 bits per heavy atom. The van der Waals surface area contributed by atoms with E-state index in [0.29, 0.717) is 19.5 Å². The van der Waals surface area contributed by atoms with Crippen molar-refractivity contribution in [3.63, 3.8) is 0 Å². The molecule has 26 heavy (non-hydrogen) atoms. The largest absolute Gasteiger partial charge is 0.470 e. The van der Waals surface area contributed by atoms with Crippen molar-refractivity contribution in [1.29, 1.82) is 5.26 Å². The van der Waals surface area contributed by atoms with Crippen LogP contribution < -0.4 is 10.1 Å². The van der Waals surface area contributed by atoms with Crippen LogP contribution in [0.25, 0.3) is 0 Å². The molecule has 0 radical (unpaired) electrons. The molecule has 1 aliphatic rings. The highest BCUT2D eigenvalue weighted by molar-refractivity contribution is 5.85. The van der Waals surface area contributed by atoms with Gasteiger partial charge >= 0.3 is 6.09 Å². The van der Waals surface area contributed by atoms with Crippen LogP contribution in [0, 0.1) is 11.3 Å². The molecule has 9 nitrogen and oxygen atoms in total. The number of nitrogens with zero attached hydrogens (tertiary/aromatic N) is 4. The number of aromatic nitrogens is 2. The van der Waals surface area contributed by atoms with Crippen LogP contribution >= 0.6 is 0 Å². The number of carbonyl (C=O) groups is 2. The summed E-state index contributed by atoms with van der Waals surface area (Å²) in [6.07, 6.45) is 2.55. The topological polar surface area (TPSA) is 117 Å². The molecule has 9 heteroatoms. The summed E-state index contributed by atoms with van der Waals surface area (Å²) in [7, 11) is 0. The van der Waals surface area contributed by atoms with Crippen LogP contribution in [0.5, 0.6) is 5.88 Å². The average molecular weight is 361 g/mol. The number of hydrogen-bond acceptors (Lipinski definition) is 7. The zero-order chi connectivity index (χ0) is 19.3. The number of alkyl carbamates (subject to hydrolysis) is 1. The van der Waals surface area contributed by atoms with E-state index in [2.05, 4.69) is 15.3 Å². The van der Waals surface area contributed by atoms with Gasteiger partial charge in [-0.1, -0.05) is 0 Å². The van der Waals surface area contributed by atoms with Gasteiger partial charge in [-0.2, -0.15) is 5.26 Å². The molecule has 1 N–H and O–H groups in total. The number of nitriles is 1. The molecule has 1 aliphatic heterocycles. The van der Waals surface area contributed by atoms with Gasteiger partial charge in [-0.3, -0.25) is 4.79 Å². The summed E-state index contributed by atoms with van der Waals surface area (Å²) in [6.45, 7) is 7.71. The van der Waals surface area contributed by atoms with E-state index in [1.807, 2.05) is 6.07 Å².